The maximum absolute atomic E-state index is 3.86. The molecule has 0 aromatic heterocycles. The van der Waals surface area contributed by atoms with E-state index in [0.717, 1.165) is 12.0 Å². The van der Waals surface area contributed by atoms with Crippen LogP contribution in [0, 0.1) is 5.92 Å². The van der Waals surface area contributed by atoms with Crippen LogP contribution < -0.4 is 5.32 Å². The van der Waals surface area contributed by atoms with E-state index in [-0.39, 0.29) is 0 Å². The van der Waals surface area contributed by atoms with E-state index in [2.05, 4.69) is 37.9 Å². The molecule has 2 atom stereocenters. The molecule has 1 saturated carbocycles. The lowest BCUT2D eigenvalue weighted by Crippen LogP contribution is -2.68. The van der Waals surface area contributed by atoms with Crippen LogP contribution in [0.15, 0.2) is 0 Å². The Morgan fingerprint density at radius 1 is 1.16 bits per heavy atom. The molecule has 1 saturated heterocycles. The van der Waals surface area contributed by atoms with Gasteiger partial charge in [0, 0.05) is 30.7 Å². The van der Waals surface area contributed by atoms with Crippen molar-refractivity contribution in [2.45, 2.75) is 90.3 Å². The zero-order valence-corrected chi connectivity index (χ0v) is 13.5. The van der Waals surface area contributed by atoms with Crippen LogP contribution in [0.4, 0.5) is 0 Å². The Morgan fingerprint density at radius 2 is 1.84 bits per heavy atom. The van der Waals surface area contributed by atoms with E-state index in [1.54, 1.807) is 0 Å². The Hall–Kier alpha value is -0.0800. The summed E-state index contributed by atoms with van der Waals surface area (Å²) in [7, 11) is 0. The third-order valence-corrected chi connectivity index (χ3v) is 5.52. The summed E-state index contributed by atoms with van der Waals surface area (Å²) in [6.45, 7) is 12.0. The summed E-state index contributed by atoms with van der Waals surface area (Å²) >= 11 is 0. The van der Waals surface area contributed by atoms with Crippen LogP contribution in [0.25, 0.3) is 0 Å². The second-order valence-corrected chi connectivity index (χ2v) is 7.31. The first kappa shape index (κ1) is 15.3. The molecule has 112 valence electrons. The van der Waals surface area contributed by atoms with Crippen molar-refractivity contribution >= 4 is 0 Å². The zero-order valence-electron chi connectivity index (χ0n) is 13.5. The largest absolute Gasteiger partial charge is 0.311 e. The van der Waals surface area contributed by atoms with Gasteiger partial charge in [0.25, 0.3) is 0 Å². The van der Waals surface area contributed by atoms with E-state index in [1.807, 2.05) is 0 Å². The third-order valence-electron chi connectivity index (χ3n) is 5.52. The quantitative estimate of drug-likeness (QED) is 0.832. The van der Waals surface area contributed by atoms with Crippen LogP contribution in [0.3, 0.4) is 0 Å². The van der Waals surface area contributed by atoms with Crippen LogP contribution in [0.2, 0.25) is 0 Å². The molecule has 2 unspecified atom stereocenters. The standard InChI is InChI=1S/C17H34N2/c1-5-9-15(4)19-12-16(14(2)3)18-13-17(19)10-7-6-8-11-17/h14-16,18H,5-13H2,1-4H3. The minimum absolute atomic E-state index is 0.484. The van der Waals surface area contributed by atoms with Crippen molar-refractivity contribution in [1.29, 1.82) is 0 Å². The van der Waals surface area contributed by atoms with Gasteiger partial charge < -0.3 is 5.32 Å². The first-order valence-electron chi connectivity index (χ1n) is 8.59. The Morgan fingerprint density at radius 3 is 2.42 bits per heavy atom. The molecule has 2 rings (SSSR count). The number of nitrogens with zero attached hydrogens (tertiary/aromatic N) is 1. The lowest BCUT2D eigenvalue weighted by Gasteiger charge is -2.55. The van der Waals surface area contributed by atoms with E-state index in [9.17, 15) is 0 Å². The average molecular weight is 266 g/mol. The summed E-state index contributed by atoms with van der Waals surface area (Å²) in [4.78, 5) is 2.90. The predicted molar refractivity (Wildman–Crippen MR) is 83.5 cm³/mol. The third kappa shape index (κ3) is 3.33. The van der Waals surface area contributed by atoms with Gasteiger partial charge in [-0.05, 0) is 32.1 Å². The van der Waals surface area contributed by atoms with Crippen LogP contribution in [-0.4, -0.2) is 35.6 Å². The molecule has 1 spiro atoms. The monoisotopic (exact) mass is 266 g/mol. The highest BCUT2D eigenvalue weighted by atomic mass is 15.3. The molecule has 0 amide bonds. The predicted octanol–water partition coefficient (Wildman–Crippen LogP) is 3.81. The first-order chi connectivity index (χ1) is 9.09. The molecule has 0 aromatic rings. The van der Waals surface area contributed by atoms with Gasteiger partial charge in [-0.3, -0.25) is 4.90 Å². The summed E-state index contributed by atoms with van der Waals surface area (Å²) in [5.74, 6) is 0.747. The molecule has 1 N–H and O–H groups in total. The summed E-state index contributed by atoms with van der Waals surface area (Å²) in [5, 5.41) is 3.86. The van der Waals surface area contributed by atoms with E-state index in [0.29, 0.717) is 11.6 Å². The summed E-state index contributed by atoms with van der Waals surface area (Å²) in [5.41, 5.74) is 0.484. The summed E-state index contributed by atoms with van der Waals surface area (Å²) in [6.07, 6.45) is 9.82. The van der Waals surface area contributed by atoms with Crippen LogP contribution in [-0.2, 0) is 0 Å². The Bertz CT molecular complexity index is 268. The van der Waals surface area contributed by atoms with E-state index >= 15 is 0 Å². The fourth-order valence-corrected chi connectivity index (χ4v) is 4.23. The number of hydrogen-bond acceptors (Lipinski definition) is 2. The van der Waals surface area contributed by atoms with E-state index in [1.165, 1.54) is 58.0 Å². The number of nitrogens with one attached hydrogen (secondary N) is 1. The van der Waals surface area contributed by atoms with Gasteiger partial charge in [-0.15, -0.1) is 0 Å². The fourth-order valence-electron chi connectivity index (χ4n) is 4.23. The number of piperazine rings is 1. The topological polar surface area (TPSA) is 15.3 Å². The normalized spacial score (nSPS) is 29.8. The van der Waals surface area contributed by atoms with Crippen molar-refractivity contribution < 1.29 is 0 Å². The molecular formula is C17H34N2. The maximum Gasteiger partial charge on any atom is 0.0337 e. The molecule has 0 radical (unpaired) electrons. The van der Waals surface area contributed by atoms with Gasteiger partial charge in [-0.1, -0.05) is 46.5 Å². The van der Waals surface area contributed by atoms with Gasteiger partial charge in [0.15, 0.2) is 0 Å². The Kier molecular flexibility index (Phi) is 5.30. The minimum atomic E-state index is 0.484. The van der Waals surface area contributed by atoms with Crippen LogP contribution in [0.5, 0.6) is 0 Å². The van der Waals surface area contributed by atoms with Crippen molar-refractivity contribution in [3.05, 3.63) is 0 Å². The molecule has 2 aliphatic rings. The highest BCUT2D eigenvalue weighted by Crippen LogP contribution is 2.37. The highest BCUT2D eigenvalue weighted by molar-refractivity contribution is 5.02. The molecule has 1 aliphatic heterocycles. The van der Waals surface area contributed by atoms with E-state index < -0.39 is 0 Å². The molecule has 0 bridgehead atoms. The van der Waals surface area contributed by atoms with Gasteiger partial charge in [0.1, 0.15) is 0 Å². The molecule has 2 nitrogen and oxygen atoms in total. The Labute approximate surface area is 120 Å². The Balaban J connectivity index is 2.12. The average Bonchev–Trinajstić information content (AvgIpc) is 2.40. The zero-order chi connectivity index (χ0) is 13.9. The van der Waals surface area contributed by atoms with Crippen LogP contribution in [0.1, 0.15) is 72.6 Å². The molecule has 1 aliphatic carbocycles. The fraction of sp³-hybridized carbons (Fsp3) is 1.00. The van der Waals surface area contributed by atoms with Gasteiger partial charge in [-0.25, -0.2) is 0 Å². The van der Waals surface area contributed by atoms with Crippen molar-refractivity contribution in [2.75, 3.05) is 13.1 Å². The molecule has 2 fully saturated rings. The molecule has 2 heteroatoms. The SMILES string of the molecule is CCCC(C)N1CC(C(C)C)NCC12CCCCC2. The van der Waals surface area contributed by atoms with Gasteiger partial charge >= 0.3 is 0 Å². The molecule has 19 heavy (non-hydrogen) atoms. The van der Waals surface area contributed by atoms with Gasteiger partial charge in [-0.2, -0.15) is 0 Å². The van der Waals surface area contributed by atoms with Crippen LogP contribution >= 0.6 is 0 Å². The molecule has 1 heterocycles. The van der Waals surface area contributed by atoms with Crippen molar-refractivity contribution in [2.24, 2.45) is 5.92 Å². The maximum atomic E-state index is 3.86. The molecule has 0 aromatic carbocycles. The molecular weight excluding hydrogens is 232 g/mol. The number of hydrogen-bond donors (Lipinski definition) is 1. The summed E-state index contributed by atoms with van der Waals surface area (Å²) in [6, 6.07) is 1.44. The smallest absolute Gasteiger partial charge is 0.0337 e. The first-order valence-corrected chi connectivity index (χ1v) is 8.59. The summed E-state index contributed by atoms with van der Waals surface area (Å²) < 4.78 is 0. The van der Waals surface area contributed by atoms with Crippen molar-refractivity contribution in [1.82, 2.24) is 10.2 Å². The highest BCUT2D eigenvalue weighted by Gasteiger charge is 2.44. The lowest BCUT2D eigenvalue weighted by molar-refractivity contribution is -0.0267. The van der Waals surface area contributed by atoms with E-state index in [4.69, 9.17) is 0 Å². The number of rotatable bonds is 4. The second kappa shape index (κ2) is 6.58. The minimum Gasteiger partial charge on any atom is -0.311 e. The second-order valence-electron chi connectivity index (χ2n) is 7.31. The van der Waals surface area contributed by atoms with Gasteiger partial charge in [0.05, 0.1) is 0 Å². The van der Waals surface area contributed by atoms with Crippen molar-refractivity contribution in [3.63, 3.8) is 0 Å². The van der Waals surface area contributed by atoms with Gasteiger partial charge in [0.2, 0.25) is 0 Å². The van der Waals surface area contributed by atoms with Crippen molar-refractivity contribution in [3.8, 4) is 0 Å². The lowest BCUT2D eigenvalue weighted by atomic mass is 9.76.